The highest BCUT2D eigenvalue weighted by Gasteiger charge is 2.13. The van der Waals surface area contributed by atoms with Gasteiger partial charge in [0.1, 0.15) is 23.9 Å². The van der Waals surface area contributed by atoms with Gasteiger partial charge in [0.15, 0.2) is 11.6 Å². The third-order valence-electron chi connectivity index (χ3n) is 4.23. The lowest BCUT2D eigenvalue weighted by molar-refractivity contribution is 0.0992. The molecule has 0 fully saturated rings. The molecule has 0 saturated heterocycles. The monoisotopic (exact) mass is 425 g/mol. The van der Waals surface area contributed by atoms with Crippen molar-refractivity contribution in [2.24, 2.45) is 0 Å². The van der Waals surface area contributed by atoms with E-state index in [4.69, 9.17) is 20.8 Å². The second-order valence-electron chi connectivity index (χ2n) is 6.46. The number of anilines is 1. The minimum Gasteiger partial charge on any atom is -0.484 e. The summed E-state index contributed by atoms with van der Waals surface area (Å²) in [7, 11) is 0. The van der Waals surface area contributed by atoms with Gasteiger partial charge in [-0.15, -0.1) is 0 Å². The zero-order chi connectivity index (χ0) is 20.9. The molecule has 4 aromatic rings. The summed E-state index contributed by atoms with van der Waals surface area (Å²) in [6.07, 6.45) is 1.73. The molecular formula is C22H17ClFN3O3. The smallest absolute Gasteiger partial charge is 0.292 e. The predicted molar refractivity (Wildman–Crippen MR) is 110 cm³/mol. The molecule has 0 radical (unpaired) electrons. The van der Waals surface area contributed by atoms with Gasteiger partial charge in [0, 0.05) is 12.3 Å². The predicted octanol–water partition coefficient (Wildman–Crippen LogP) is 5.15. The molecule has 2 heterocycles. The van der Waals surface area contributed by atoms with Crippen molar-refractivity contribution >= 4 is 23.3 Å². The van der Waals surface area contributed by atoms with E-state index in [1.165, 1.54) is 12.1 Å². The van der Waals surface area contributed by atoms with Crippen LogP contribution >= 0.6 is 11.6 Å². The summed E-state index contributed by atoms with van der Waals surface area (Å²) in [4.78, 5) is 12.4. The summed E-state index contributed by atoms with van der Waals surface area (Å²) in [6.45, 7) is 0.601. The molecule has 1 amide bonds. The molecule has 2 aromatic heterocycles. The first-order valence-electron chi connectivity index (χ1n) is 9.12. The fraction of sp³-hybridized carbons (Fsp3) is 0.0909. The van der Waals surface area contributed by atoms with Crippen molar-refractivity contribution in [1.29, 1.82) is 0 Å². The number of nitrogens with one attached hydrogen (secondary N) is 1. The van der Waals surface area contributed by atoms with E-state index in [0.717, 1.165) is 5.56 Å². The standard InChI is InChI=1S/C22H17ClFN3O3/c23-18-3-1-2-4-19(18)29-14-17-9-10-20(30-17)22(28)25-21-11-12-27(26-21)13-15-5-7-16(24)8-6-15/h1-12H,13-14H2,(H,25,26,28). The summed E-state index contributed by atoms with van der Waals surface area (Å²) in [5.74, 6) is 0.830. The maximum atomic E-state index is 13.0. The fourth-order valence-electron chi connectivity index (χ4n) is 2.76. The Kier molecular flexibility index (Phi) is 5.81. The van der Waals surface area contributed by atoms with Crippen LogP contribution in [0.15, 0.2) is 77.3 Å². The van der Waals surface area contributed by atoms with Crippen molar-refractivity contribution in [3.63, 3.8) is 0 Å². The lowest BCUT2D eigenvalue weighted by Gasteiger charge is -2.05. The number of para-hydroxylation sites is 1. The highest BCUT2D eigenvalue weighted by molar-refractivity contribution is 6.32. The van der Waals surface area contributed by atoms with Crippen LogP contribution in [0.4, 0.5) is 10.2 Å². The third kappa shape index (κ3) is 4.87. The maximum absolute atomic E-state index is 13.0. The van der Waals surface area contributed by atoms with Gasteiger partial charge >= 0.3 is 0 Å². The van der Waals surface area contributed by atoms with Gasteiger partial charge in [0.2, 0.25) is 0 Å². The summed E-state index contributed by atoms with van der Waals surface area (Å²) in [6, 6.07) is 18.2. The third-order valence-corrected chi connectivity index (χ3v) is 4.54. The second kappa shape index (κ2) is 8.84. The van der Waals surface area contributed by atoms with E-state index in [1.54, 1.807) is 53.3 Å². The van der Waals surface area contributed by atoms with Crippen LogP contribution < -0.4 is 10.1 Å². The van der Waals surface area contributed by atoms with Gasteiger partial charge in [-0.3, -0.25) is 9.48 Å². The number of carbonyl (C=O) groups is 1. The van der Waals surface area contributed by atoms with Crippen LogP contribution in [0.2, 0.25) is 5.02 Å². The molecule has 6 nitrogen and oxygen atoms in total. The summed E-state index contributed by atoms with van der Waals surface area (Å²) < 4.78 is 25.8. The first-order valence-corrected chi connectivity index (χ1v) is 9.50. The Balaban J connectivity index is 1.34. The topological polar surface area (TPSA) is 69.3 Å². The Hall–Kier alpha value is -3.58. The molecule has 2 aromatic carbocycles. The minimum atomic E-state index is -0.425. The molecule has 30 heavy (non-hydrogen) atoms. The molecule has 152 valence electrons. The van der Waals surface area contributed by atoms with Gasteiger partial charge < -0.3 is 14.5 Å². The Bertz CT molecular complexity index is 1150. The molecular weight excluding hydrogens is 409 g/mol. The number of amides is 1. The van der Waals surface area contributed by atoms with E-state index in [9.17, 15) is 9.18 Å². The first-order chi connectivity index (χ1) is 14.6. The fourth-order valence-corrected chi connectivity index (χ4v) is 2.95. The van der Waals surface area contributed by atoms with Gasteiger partial charge in [-0.1, -0.05) is 35.9 Å². The van der Waals surface area contributed by atoms with Crippen molar-refractivity contribution < 1.29 is 18.3 Å². The van der Waals surface area contributed by atoms with E-state index in [-0.39, 0.29) is 18.2 Å². The molecule has 8 heteroatoms. The first kappa shape index (κ1) is 19.7. The van der Waals surface area contributed by atoms with Crippen molar-refractivity contribution in [2.75, 3.05) is 5.32 Å². The number of benzene rings is 2. The van der Waals surface area contributed by atoms with Crippen LogP contribution in [0, 0.1) is 5.82 Å². The highest BCUT2D eigenvalue weighted by atomic mass is 35.5. The van der Waals surface area contributed by atoms with Crippen molar-refractivity contribution in [2.45, 2.75) is 13.2 Å². The molecule has 4 rings (SSSR count). The number of hydrogen-bond acceptors (Lipinski definition) is 4. The van der Waals surface area contributed by atoms with Crippen molar-refractivity contribution in [1.82, 2.24) is 9.78 Å². The van der Waals surface area contributed by atoms with Gasteiger partial charge in [-0.25, -0.2) is 4.39 Å². The Morgan fingerprint density at radius 3 is 2.70 bits per heavy atom. The van der Waals surface area contributed by atoms with Gasteiger partial charge in [-0.2, -0.15) is 5.10 Å². The Morgan fingerprint density at radius 2 is 1.90 bits per heavy atom. The number of carbonyl (C=O) groups excluding carboxylic acids is 1. The highest BCUT2D eigenvalue weighted by Crippen LogP contribution is 2.24. The summed E-state index contributed by atoms with van der Waals surface area (Å²) in [5.41, 5.74) is 0.895. The Morgan fingerprint density at radius 1 is 1.10 bits per heavy atom. The van der Waals surface area contributed by atoms with E-state index >= 15 is 0 Å². The number of halogens is 2. The van der Waals surface area contributed by atoms with E-state index in [0.29, 0.717) is 28.9 Å². The number of ether oxygens (including phenoxy) is 1. The van der Waals surface area contributed by atoms with Crippen LogP contribution in [-0.2, 0) is 13.2 Å². The van der Waals surface area contributed by atoms with Crippen molar-refractivity contribution in [3.8, 4) is 5.75 Å². The number of furan rings is 1. The largest absolute Gasteiger partial charge is 0.484 e. The number of nitrogens with zero attached hydrogens (tertiary/aromatic N) is 2. The molecule has 0 saturated carbocycles. The summed E-state index contributed by atoms with van der Waals surface area (Å²) in [5, 5.41) is 7.48. The van der Waals surface area contributed by atoms with Gasteiger partial charge in [-0.05, 0) is 42.0 Å². The molecule has 0 atom stereocenters. The molecule has 0 bridgehead atoms. The zero-order valence-corrected chi connectivity index (χ0v) is 16.5. The molecule has 0 aliphatic rings. The number of rotatable bonds is 7. The number of hydrogen-bond donors (Lipinski definition) is 1. The average molecular weight is 426 g/mol. The molecule has 1 N–H and O–H groups in total. The lowest BCUT2D eigenvalue weighted by Crippen LogP contribution is -2.12. The van der Waals surface area contributed by atoms with Crippen LogP contribution in [0.5, 0.6) is 5.75 Å². The minimum absolute atomic E-state index is 0.140. The van der Waals surface area contributed by atoms with Crippen LogP contribution in [-0.4, -0.2) is 15.7 Å². The second-order valence-corrected chi connectivity index (χ2v) is 6.87. The molecule has 0 aliphatic carbocycles. The van der Waals surface area contributed by atoms with Crippen LogP contribution in [0.1, 0.15) is 21.9 Å². The van der Waals surface area contributed by atoms with Crippen LogP contribution in [0.25, 0.3) is 0 Å². The summed E-state index contributed by atoms with van der Waals surface area (Å²) >= 11 is 6.05. The van der Waals surface area contributed by atoms with E-state index in [2.05, 4.69) is 10.4 Å². The molecule has 0 unspecified atom stereocenters. The lowest BCUT2D eigenvalue weighted by atomic mass is 10.2. The van der Waals surface area contributed by atoms with E-state index in [1.807, 2.05) is 12.1 Å². The Labute approximate surface area is 176 Å². The van der Waals surface area contributed by atoms with Crippen molar-refractivity contribution in [3.05, 3.63) is 101 Å². The van der Waals surface area contributed by atoms with E-state index < -0.39 is 5.91 Å². The van der Waals surface area contributed by atoms with Gasteiger partial charge in [0.25, 0.3) is 5.91 Å². The SMILES string of the molecule is O=C(Nc1ccn(Cc2ccc(F)cc2)n1)c1ccc(COc2ccccc2Cl)o1. The van der Waals surface area contributed by atoms with Gasteiger partial charge in [0.05, 0.1) is 11.6 Å². The average Bonchev–Trinajstić information content (AvgIpc) is 3.39. The normalized spacial score (nSPS) is 10.7. The quantitative estimate of drug-likeness (QED) is 0.444. The molecule has 0 spiro atoms. The number of aromatic nitrogens is 2. The zero-order valence-electron chi connectivity index (χ0n) is 15.7. The maximum Gasteiger partial charge on any atom is 0.292 e. The molecule has 0 aliphatic heterocycles. The van der Waals surface area contributed by atoms with Crippen LogP contribution in [0.3, 0.4) is 0 Å².